The second kappa shape index (κ2) is 5.82. The van der Waals surface area contributed by atoms with Gasteiger partial charge in [-0.1, -0.05) is 0 Å². The molecule has 0 radical (unpaired) electrons. The number of hydrogen-bond donors (Lipinski definition) is 1. The fourth-order valence-electron chi connectivity index (χ4n) is 1.54. The van der Waals surface area contributed by atoms with Crippen molar-refractivity contribution in [3.8, 4) is 0 Å². The van der Waals surface area contributed by atoms with Gasteiger partial charge in [-0.3, -0.25) is 4.90 Å². The average molecular weight is 211 g/mol. The summed E-state index contributed by atoms with van der Waals surface area (Å²) >= 11 is 0. The molecular formula is C10H21N5. The summed E-state index contributed by atoms with van der Waals surface area (Å²) < 4.78 is 1.92. The molecule has 5 heteroatoms. The lowest BCUT2D eigenvalue weighted by atomic mass is 10.3. The molecule has 0 fully saturated rings. The Morgan fingerprint density at radius 3 is 2.80 bits per heavy atom. The zero-order chi connectivity index (χ0) is 11.3. The third-order valence-corrected chi connectivity index (χ3v) is 2.49. The van der Waals surface area contributed by atoms with E-state index in [1.165, 1.54) is 0 Å². The van der Waals surface area contributed by atoms with Gasteiger partial charge in [0.15, 0.2) is 0 Å². The normalized spacial score (nSPS) is 11.6. The summed E-state index contributed by atoms with van der Waals surface area (Å²) in [5.74, 6) is 1.01. The Morgan fingerprint density at radius 1 is 1.53 bits per heavy atom. The minimum Gasteiger partial charge on any atom is -0.329 e. The van der Waals surface area contributed by atoms with Crippen LogP contribution in [0.2, 0.25) is 0 Å². The first-order chi connectivity index (χ1) is 7.19. The molecule has 0 aromatic carbocycles. The number of rotatable bonds is 6. The molecule has 0 saturated carbocycles. The van der Waals surface area contributed by atoms with Gasteiger partial charge in [-0.25, -0.2) is 9.67 Å². The van der Waals surface area contributed by atoms with Gasteiger partial charge in [-0.15, -0.1) is 0 Å². The molecule has 0 aliphatic carbocycles. The lowest BCUT2D eigenvalue weighted by Crippen LogP contribution is -2.35. The van der Waals surface area contributed by atoms with Crippen LogP contribution in [0.5, 0.6) is 0 Å². The van der Waals surface area contributed by atoms with Gasteiger partial charge in [0.1, 0.15) is 12.2 Å². The molecule has 0 amide bonds. The van der Waals surface area contributed by atoms with Crippen LogP contribution in [0.1, 0.15) is 26.6 Å². The first kappa shape index (κ1) is 12.1. The summed E-state index contributed by atoms with van der Waals surface area (Å²) in [4.78, 5) is 6.56. The molecule has 1 rings (SSSR count). The van der Waals surface area contributed by atoms with E-state index in [4.69, 9.17) is 5.73 Å². The highest BCUT2D eigenvalue weighted by molar-refractivity contribution is 4.85. The summed E-state index contributed by atoms with van der Waals surface area (Å²) in [7, 11) is 0. The lowest BCUT2D eigenvalue weighted by Gasteiger charge is -2.25. The lowest BCUT2D eigenvalue weighted by molar-refractivity contribution is 0.210. The van der Waals surface area contributed by atoms with Crippen LogP contribution in [-0.4, -0.2) is 38.8 Å². The summed E-state index contributed by atoms with van der Waals surface area (Å²) in [6, 6.07) is 0.482. The summed E-state index contributed by atoms with van der Waals surface area (Å²) in [6.07, 6.45) is 1.61. The Hall–Kier alpha value is -0.940. The molecule has 86 valence electrons. The first-order valence-corrected chi connectivity index (χ1v) is 5.49. The molecule has 0 aliphatic heterocycles. The quantitative estimate of drug-likeness (QED) is 0.743. The van der Waals surface area contributed by atoms with E-state index in [0.29, 0.717) is 12.6 Å². The van der Waals surface area contributed by atoms with Gasteiger partial charge < -0.3 is 5.73 Å². The minimum absolute atomic E-state index is 0.482. The van der Waals surface area contributed by atoms with Gasteiger partial charge >= 0.3 is 0 Å². The fraction of sp³-hybridized carbons (Fsp3) is 0.800. The highest BCUT2D eigenvalue weighted by Gasteiger charge is 2.12. The second-order valence-corrected chi connectivity index (χ2v) is 3.84. The number of nitrogens with zero attached hydrogens (tertiary/aromatic N) is 4. The van der Waals surface area contributed by atoms with Gasteiger partial charge in [-0.05, 0) is 20.8 Å². The van der Waals surface area contributed by atoms with E-state index in [2.05, 4.69) is 35.8 Å². The van der Waals surface area contributed by atoms with Crippen molar-refractivity contribution < 1.29 is 0 Å². The SMILES string of the molecule is CCn1ncnc1CN(CCN)C(C)C. The van der Waals surface area contributed by atoms with Crippen molar-refractivity contribution >= 4 is 0 Å². The Bertz CT molecular complexity index is 281. The van der Waals surface area contributed by atoms with Crippen molar-refractivity contribution in [1.29, 1.82) is 0 Å². The van der Waals surface area contributed by atoms with E-state index < -0.39 is 0 Å². The minimum atomic E-state index is 0.482. The zero-order valence-electron chi connectivity index (χ0n) is 9.85. The van der Waals surface area contributed by atoms with Gasteiger partial charge in [0.25, 0.3) is 0 Å². The van der Waals surface area contributed by atoms with Gasteiger partial charge in [0.05, 0.1) is 6.54 Å². The molecule has 0 saturated heterocycles. The van der Waals surface area contributed by atoms with Crippen molar-refractivity contribution in [2.24, 2.45) is 5.73 Å². The highest BCUT2D eigenvalue weighted by atomic mass is 15.3. The maximum atomic E-state index is 5.58. The van der Waals surface area contributed by atoms with Crippen LogP contribution in [-0.2, 0) is 13.1 Å². The zero-order valence-corrected chi connectivity index (χ0v) is 9.85. The van der Waals surface area contributed by atoms with E-state index in [1.54, 1.807) is 6.33 Å². The number of aromatic nitrogens is 3. The van der Waals surface area contributed by atoms with Gasteiger partial charge in [0.2, 0.25) is 0 Å². The van der Waals surface area contributed by atoms with Crippen LogP contribution in [0.4, 0.5) is 0 Å². The Kier molecular flexibility index (Phi) is 4.71. The smallest absolute Gasteiger partial charge is 0.141 e. The van der Waals surface area contributed by atoms with Crippen LogP contribution in [0, 0.1) is 0 Å². The standard InChI is InChI=1S/C10H21N5/c1-4-15-10(12-8-13-15)7-14(6-5-11)9(2)3/h8-9H,4-7,11H2,1-3H3. The molecule has 0 spiro atoms. The summed E-state index contributed by atoms with van der Waals surface area (Å²) in [6.45, 7) is 9.67. The van der Waals surface area contributed by atoms with Crippen molar-refractivity contribution in [3.63, 3.8) is 0 Å². The van der Waals surface area contributed by atoms with Crippen molar-refractivity contribution in [3.05, 3.63) is 12.2 Å². The van der Waals surface area contributed by atoms with Crippen molar-refractivity contribution in [2.45, 2.75) is 39.9 Å². The van der Waals surface area contributed by atoms with E-state index in [9.17, 15) is 0 Å². The molecule has 1 heterocycles. The molecule has 1 aromatic heterocycles. The van der Waals surface area contributed by atoms with Crippen LogP contribution in [0.3, 0.4) is 0 Å². The molecule has 5 nitrogen and oxygen atoms in total. The molecular weight excluding hydrogens is 190 g/mol. The molecule has 0 unspecified atom stereocenters. The Labute approximate surface area is 91.3 Å². The van der Waals surface area contributed by atoms with Crippen LogP contribution in [0.15, 0.2) is 6.33 Å². The van der Waals surface area contributed by atoms with Gasteiger partial charge in [0, 0.05) is 25.7 Å². The first-order valence-electron chi connectivity index (χ1n) is 5.49. The summed E-state index contributed by atoms with van der Waals surface area (Å²) in [5.41, 5.74) is 5.58. The van der Waals surface area contributed by atoms with Crippen LogP contribution < -0.4 is 5.73 Å². The topological polar surface area (TPSA) is 60.0 Å². The molecule has 0 atom stereocenters. The molecule has 1 aromatic rings. The molecule has 15 heavy (non-hydrogen) atoms. The number of aryl methyl sites for hydroxylation is 1. The fourth-order valence-corrected chi connectivity index (χ4v) is 1.54. The maximum Gasteiger partial charge on any atom is 0.141 e. The molecule has 0 aliphatic rings. The van der Waals surface area contributed by atoms with E-state index >= 15 is 0 Å². The Morgan fingerprint density at radius 2 is 2.27 bits per heavy atom. The summed E-state index contributed by atoms with van der Waals surface area (Å²) in [5, 5.41) is 4.15. The van der Waals surface area contributed by atoms with E-state index in [0.717, 1.165) is 25.5 Å². The third kappa shape index (κ3) is 3.28. The monoisotopic (exact) mass is 211 g/mol. The predicted octanol–water partition coefficient (Wildman–Crippen LogP) is 0.467. The van der Waals surface area contributed by atoms with E-state index in [-0.39, 0.29) is 0 Å². The van der Waals surface area contributed by atoms with Crippen LogP contribution in [0.25, 0.3) is 0 Å². The number of hydrogen-bond acceptors (Lipinski definition) is 4. The maximum absolute atomic E-state index is 5.58. The highest BCUT2D eigenvalue weighted by Crippen LogP contribution is 2.04. The largest absolute Gasteiger partial charge is 0.329 e. The van der Waals surface area contributed by atoms with Crippen LogP contribution >= 0.6 is 0 Å². The second-order valence-electron chi connectivity index (χ2n) is 3.84. The molecule has 2 N–H and O–H groups in total. The average Bonchev–Trinajstić information content (AvgIpc) is 2.64. The van der Waals surface area contributed by atoms with Crippen molar-refractivity contribution in [1.82, 2.24) is 19.7 Å². The number of nitrogens with two attached hydrogens (primary N) is 1. The van der Waals surface area contributed by atoms with Gasteiger partial charge in [-0.2, -0.15) is 5.10 Å². The predicted molar refractivity (Wildman–Crippen MR) is 60.3 cm³/mol. The Balaban J connectivity index is 2.65. The molecule has 0 bridgehead atoms. The van der Waals surface area contributed by atoms with E-state index in [1.807, 2.05) is 4.68 Å². The van der Waals surface area contributed by atoms with Crippen molar-refractivity contribution in [2.75, 3.05) is 13.1 Å². The third-order valence-electron chi connectivity index (χ3n) is 2.49.